The molecule has 0 N–H and O–H groups in total. The number of pyridine rings is 4. The van der Waals surface area contributed by atoms with Crippen LogP contribution in [0.15, 0.2) is 110 Å². The fourth-order valence-corrected chi connectivity index (χ4v) is 5.73. The van der Waals surface area contributed by atoms with Crippen LogP contribution >= 0.6 is 0 Å². The number of nitrogens with zero attached hydrogens (tertiary/aromatic N) is 6. The number of hydrogen-bond donors (Lipinski definition) is 0. The molecule has 0 amide bonds. The van der Waals surface area contributed by atoms with E-state index in [2.05, 4.69) is 74.8 Å². The van der Waals surface area contributed by atoms with Gasteiger partial charge in [-0.05, 0) is 60.4 Å². The summed E-state index contributed by atoms with van der Waals surface area (Å²) in [5.74, 6) is 0.809. The Morgan fingerprint density at radius 1 is 0.684 bits per heavy atom. The SMILES string of the molecule is C1=CC(n2c3cccnc3c3cnc4c(c5ccncc5n4-c4cc(-c5ccccc5)ccn4)c32)=CCC1. The Balaban J connectivity index is 1.52. The lowest BCUT2D eigenvalue weighted by molar-refractivity contribution is 1.02. The van der Waals surface area contributed by atoms with Crippen LogP contribution in [0.5, 0.6) is 0 Å². The van der Waals surface area contributed by atoms with Gasteiger partial charge in [0.2, 0.25) is 0 Å². The van der Waals surface area contributed by atoms with Crippen molar-refractivity contribution in [3.63, 3.8) is 0 Å². The van der Waals surface area contributed by atoms with Gasteiger partial charge >= 0.3 is 0 Å². The van der Waals surface area contributed by atoms with Crippen molar-refractivity contribution in [2.24, 2.45) is 0 Å². The van der Waals surface area contributed by atoms with Crippen LogP contribution in [-0.2, 0) is 0 Å². The second-order valence-electron chi connectivity index (χ2n) is 9.53. The first kappa shape index (κ1) is 21.0. The van der Waals surface area contributed by atoms with Crippen LogP contribution in [0.3, 0.4) is 0 Å². The Morgan fingerprint density at radius 2 is 1.63 bits per heavy atom. The summed E-state index contributed by atoms with van der Waals surface area (Å²) < 4.78 is 4.47. The molecule has 7 aromatic rings. The van der Waals surface area contributed by atoms with E-state index in [0.717, 1.165) is 79.4 Å². The Bertz CT molecular complexity index is 2080. The van der Waals surface area contributed by atoms with E-state index in [9.17, 15) is 0 Å². The molecule has 6 heteroatoms. The summed E-state index contributed by atoms with van der Waals surface area (Å²) in [5, 5.41) is 3.20. The predicted octanol–water partition coefficient (Wildman–Crippen LogP) is 7.33. The third kappa shape index (κ3) is 3.00. The molecule has 8 rings (SSSR count). The van der Waals surface area contributed by atoms with Crippen LogP contribution < -0.4 is 0 Å². The summed E-state index contributed by atoms with van der Waals surface area (Å²) in [6, 6.07) is 20.8. The number of benzene rings is 1. The summed E-state index contributed by atoms with van der Waals surface area (Å²) in [4.78, 5) is 19.1. The highest BCUT2D eigenvalue weighted by atomic mass is 15.1. The van der Waals surface area contributed by atoms with Gasteiger partial charge in [0, 0.05) is 41.3 Å². The minimum absolute atomic E-state index is 0.809. The number of fused-ring (bicyclic) bond motifs is 7. The van der Waals surface area contributed by atoms with Gasteiger partial charge in [-0.1, -0.05) is 42.5 Å². The lowest BCUT2D eigenvalue weighted by Gasteiger charge is -2.12. The molecule has 0 saturated heterocycles. The molecule has 0 radical (unpaired) electrons. The maximum atomic E-state index is 5.04. The van der Waals surface area contributed by atoms with Crippen LogP contribution in [0.2, 0.25) is 0 Å². The van der Waals surface area contributed by atoms with E-state index in [1.165, 1.54) is 0 Å². The first-order valence-corrected chi connectivity index (χ1v) is 12.8. The zero-order chi connectivity index (χ0) is 25.1. The number of hydrogen-bond acceptors (Lipinski definition) is 4. The minimum Gasteiger partial charge on any atom is -0.307 e. The minimum atomic E-state index is 0.809. The Labute approximate surface area is 218 Å². The molecule has 0 bridgehead atoms. The van der Waals surface area contributed by atoms with Crippen LogP contribution in [0.4, 0.5) is 0 Å². The van der Waals surface area contributed by atoms with Crippen LogP contribution in [0.1, 0.15) is 12.8 Å². The smallest absolute Gasteiger partial charge is 0.148 e. The molecule has 0 aliphatic heterocycles. The van der Waals surface area contributed by atoms with Gasteiger partial charge in [0.05, 0.1) is 33.6 Å². The van der Waals surface area contributed by atoms with Crippen molar-refractivity contribution in [1.29, 1.82) is 0 Å². The van der Waals surface area contributed by atoms with Crippen molar-refractivity contribution in [3.8, 4) is 16.9 Å². The van der Waals surface area contributed by atoms with Gasteiger partial charge in [-0.3, -0.25) is 14.5 Å². The molecular weight excluding hydrogens is 468 g/mol. The molecule has 6 nitrogen and oxygen atoms in total. The highest BCUT2D eigenvalue weighted by Gasteiger charge is 2.23. The molecule has 1 aliphatic rings. The maximum absolute atomic E-state index is 5.04. The Hall–Kier alpha value is -5.10. The summed E-state index contributed by atoms with van der Waals surface area (Å²) in [6.45, 7) is 0. The van der Waals surface area contributed by atoms with Gasteiger partial charge < -0.3 is 4.57 Å². The zero-order valence-electron chi connectivity index (χ0n) is 20.5. The molecule has 6 aromatic heterocycles. The summed E-state index contributed by atoms with van der Waals surface area (Å²) in [6.07, 6.45) is 18.3. The molecule has 180 valence electrons. The number of allylic oxidation sites excluding steroid dienone is 4. The van der Waals surface area contributed by atoms with E-state index in [-0.39, 0.29) is 0 Å². The van der Waals surface area contributed by atoms with Crippen LogP contribution in [-0.4, -0.2) is 29.1 Å². The first-order valence-electron chi connectivity index (χ1n) is 12.8. The predicted molar refractivity (Wildman–Crippen MR) is 153 cm³/mol. The third-order valence-electron chi connectivity index (χ3n) is 7.37. The van der Waals surface area contributed by atoms with Gasteiger partial charge in [-0.15, -0.1) is 0 Å². The van der Waals surface area contributed by atoms with E-state index in [4.69, 9.17) is 15.0 Å². The largest absolute Gasteiger partial charge is 0.307 e. The summed E-state index contributed by atoms with van der Waals surface area (Å²) in [5.41, 5.74) is 8.37. The van der Waals surface area contributed by atoms with Crippen molar-refractivity contribution in [2.75, 3.05) is 0 Å². The van der Waals surface area contributed by atoms with Crippen molar-refractivity contribution < 1.29 is 0 Å². The average Bonchev–Trinajstić information content (AvgIpc) is 3.51. The van der Waals surface area contributed by atoms with E-state index < -0.39 is 0 Å². The monoisotopic (exact) mass is 490 g/mol. The number of rotatable bonds is 3. The van der Waals surface area contributed by atoms with Gasteiger partial charge in [-0.2, -0.15) is 0 Å². The summed E-state index contributed by atoms with van der Waals surface area (Å²) in [7, 11) is 0. The van der Waals surface area contributed by atoms with E-state index >= 15 is 0 Å². The zero-order valence-corrected chi connectivity index (χ0v) is 20.5. The van der Waals surface area contributed by atoms with Crippen molar-refractivity contribution >= 4 is 49.6 Å². The molecule has 6 heterocycles. The van der Waals surface area contributed by atoms with E-state index in [0.29, 0.717) is 0 Å². The second kappa shape index (κ2) is 8.21. The molecule has 0 atom stereocenters. The van der Waals surface area contributed by atoms with Crippen molar-refractivity contribution in [2.45, 2.75) is 12.8 Å². The topological polar surface area (TPSA) is 61.4 Å². The molecule has 0 spiro atoms. The molecule has 38 heavy (non-hydrogen) atoms. The second-order valence-corrected chi connectivity index (χ2v) is 9.53. The van der Waals surface area contributed by atoms with Crippen LogP contribution in [0, 0.1) is 0 Å². The quantitative estimate of drug-likeness (QED) is 0.260. The Morgan fingerprint density at radius 3 is 2.53 bits per heavy atom. The highest BCUT2D eigenvalue weighted by molar-refractivity contribution is 6.24. The normalized spacial score (nSPS) is 13.6. The molecule has 1 aromatic carbocycles. The van der Waals surface area contributed by atoms with Gasteiger partial charge in [0.1, 0.15) is 11.5 Å². The van der Waals surface area contributed by atoms with Gasteiger partial charge in [-0.25, -0.2) is 9.97 Å². The lowest BCUT2D eigenvalue weighted by atomic mass is 10.1. The van der Waals surface area contributed by atoms with Gasteiger partial charge in [0.25, 0.3) is 0 Å². The lowest BCUT2D eigenvalue weighted by Crippen LogP contribution is -2.00. The molecule has 0 saturated carbocycles. The van der Waals surface area contributed by atoms with Crippen molar-refractivity contribution in [1.82, 2.24) is 29.1 Å². The highest BCUT2D eigenvalue weighted by Crippen LogP contribution is 2.40. The van der Waals surface area contributed by atoms with E-state index in [1.54, 1.807) is 0 Å². The maximum Gasteiger partial charge on any atom is 0.148 e. The molecule has 1 aliphatic carbocycles. The molecule has 0 unspecified atom stereocenters. The Kier molecular flexibility index (Phi) is 4.54. The fourth-order valence-electron chi connectivity index (χ4n) is 5.73. The average molecular weight is 491 g/mol. The van der Waals surface area contributed by atoms with Crippen LogP contribution in [0.25, 0.3) is 66.5 Å². The first-order chi connectivity index (χ1) is 18.9. The molecular formula is C32H22N6. The van der Waals surface area contributed by atoms with E-state index in [1.807, 2.05) is 49.2 Å². The van der Waals surface area contributed by atoms with Gasteiger partial charge in [0.15, 0.2) is 0 Å². The summed E-state index contributed by atoms with van der Waals surface area (Å²) >= 11 is 0. The van der Waals surface area contributed by atoms with Crippen molar-refractivity contribution in [3.05, 3.63) is 110 Å². The third-order valence-corrected chi connectivity index (χ3v) is 7.37. The molecule has 0 fully saturated rings. The standard InChI is InChI=1S/C32H22N6/c1-3-8-21(9-4-1)22-13-17-34-28(18-22)38-27-20-33-16-14-24(27)29-31-25(19-36-32(29)38)30-26(12-7-15-35-30)37(31)23-10-5-2-6-11-23/h1,3-5,7-20H,2,6H2. The fraction of sp³-hybridized carbons (Fsp3) is 0.0625. The number of aromatic nitrogens is 6.